The second-order valence-electron chi connectivity index (χ2n) is 4.28. The van der Waals surface area contributed by atoms with Crippen molar-refractivity contribution in [2.75, 3.05) is 17.6 Å². The van der Waals surface area contributed by atoms with Gasteiger partial charge in [-0.1, -0.05) is 34.1 Å². The van der Waals surface area contributed by atoms with Crippen molar-refractivity contribution in [2.24, 2.45) is 0 Å². The third-order valence-corrected chi connectivity index (χ3v) is 4.43. The second-order valence-corrected chi connectivity index (χ2v) is 6.96. The highest BCUT2D eigenvalue weighted by Crippen LogP contribution is 2.17. The van der Waals surface area contributed by atoms with Crippen molar-refractivity contribution in [1.82, 2.24) is 9.71 Å². The van der Waals surface area contributed by atoms with E-state index in [9.17, 15) is 13.2 Å². The molecular formula is C13H13BrN4O3S. The molecule has 0 saturated heterocycles. The molecule has 1 heterocycles. The van der Waals surface area contributed by atoms with Crippen LogP contribution in [-0.2, 0) is 14.8 Å². The number of benzene rings is 1. The number of carbonyl (C=O) groups is 1. The van der Waals surface area contributed by atoms with Gasteiger partial charge in [0.15, 0.2) is 0 Å². The van der Waals surface area contributed by atoms with Gasteiger partial charge in [-0.05, 0) is 24.3 Å². The minimum atomic E-state index is -3.73. The van der Waals surface area contributed by atoms with Crippen LogP contribution >= 0.6 is 15.9 Å². The number of nitrogens with one attached hydrogen (secondary N) is 2. The quantitative estimate of drug-likeness (QED) is 0.719. The van der Waals surface area contributed by atoms with E-state index < -0.39 is 22.5 Å². The third kappa shape index (κ3) is 4.52. The van der Waals surface area contributed by atoms with Gasteiger partial charge in [-0.15, -0.1) is 0 Å². The highest BCUT2D eigenvalue weighted by molar-refractivity contribution is 9.10. The third-order valence-electron chi connectivity index (χ3n) is 2.55. The minimum absolute atomic E-state index is 0.0904. The van der Waals surface area contributed by atoms with Gasteiger partial charge in [0.25, 0.3) is 0 Å². The monoisotopic (exact) mass is 384 g/mol. The molecule has 0 saturated carbocycles. The second kappa shape index (κ2) is 6.86. The lowest BCUT2D eigenvalue weighted by molar-refractivity contribution is -0.115. The molecule has 1 aromatic heterocycles. The maximum Gasteiger partial charge on any atom is 0.241 e. The van der Waals surface area contributed by atoms with Crippen LogP contribution in [0.5, 0.6) is 0 Å². The van der Waals surface area contributed by atoms with E-state index in [0.717, 1.165) is 0 Å². The number of hydrogen-bond donors (Lipinski definition) is 3. The summed E-state index contributed by atoms with van der Waals surface area (Å²) < 4.78 is 26.8. The van der Waals surface area contributed by atoms with Crippen molar-refractivity contribution in [1.29, 1.82) is 0 Å². The van der Waals surface area contributed by atoms with Gasteiger partial charge in [-0.25, -0.2) is 18.1 Å². The van der Waals surface area contributed by atoms with E-state index in [4.69, 9.17) is 5.73 Å². The van der Waals surface area contributed by atoms with Crippen molar-refractivity contribution in [3.63, 3.8) is 0 Å². The molecule has 2 aromatic rings. The van der Waals surface area contributed by atoms with Crippen LogP contribution in [0.15, 0.2) is 51.8 Å². The summed E-state index contributed by atoms with van der Waals surface area (Å²) >= 11 is 3.22. The molecule has 1 aromatic carbocycles. The van der Waals surface area contributed by atoms with Gasteiger partial charge in [0.05, 0.1) is 11.4 Å². The number of pyridine rings is 1. The molecule has 0 bridgehead atoms. The molecule has 0 atom stereocenters. The average molecular weight is 385 g/mol. The largest absolute Gasteiger partial charge is 0.384 e. The van der Waals surface area contributed by atoms with E-state index in [1.54, 1.807) is 30.3 Å². The van der Waals surface area contributed by atoms with E-state index in [-0.39, 0.29) is 16.5 Å². The van der Waals surface area contributed by atoms with E-state index in [0.29, 0.717) is 4.47 Å². The Balaban J connectivity index is 1.98. The summed E-state index contributed by atoms with van der Waals surface area (Å²) in [6.45, 7) is -0.411. The molecule has 9 heteroatoms. The first-order valence-electron chi connectivity index (χ1n) is 6.14. The fourth-order valence-corrected chi connectivity index (χ4v) is 3.07. The highest BCUT2D eigenvalue weighted by atomic mass is 79.9. The standard InChI is InChI=1S/C13H13BrN4O3S/c14-9-6-11(15)17-12(7-9)18-13(19)8-16-22(20,21)10-4-2-1-3-5-10/h1-7,16H,8H2,(H3,15,17,18,19). The first-order valence-corrected chi connectivity index (χ1v) is 8.42. The topological polar surface area (TPSA) is 114 Å². The molecule has 4 N–H and O–H groups in total. The van der Waals surface area contributed by atoms with Crippen LogP contribution in [0.3, 0.4) is 0 Å². The average Bonchev–Trinajstić information content (AvgIpc) is 2.45. The number of amides is 1. The molecular weight excluding hydrogens is 372 g/mol. The van der Waals surface area contributed by atoms with Crippen LogP contribution in [0.25, 0.3) is 0 Å². The normalized spacial score (nSPS) is 11.1. The van der Waals surface area contributed by atoms with Crippen LogP contribution in [0.2, 0.25) is 0 Å². The van der Waals surface area contributed by atoms with E-state index >= 15 is 0 Å². The number of hydrogen-bond acceptors (Lipinski definition) is 5. The molecule has 22 heavy (non-hydrogen) atoms. The zero-order valence-corrected chi connectivity index (χ0v) is 13.7. The summed E-state index contributed by atoms with van der Waals surface area (Å²) in [6, 6.07) is 10.9. The first-order chi connectivity index (χ1) is 10.4. The van der Waals surface area contributed by atoms with Gasteiger partial charge in [-0.2, -0.15) is 0 Å². The van der Waals surface area contributed by atoms with Crippen LogP contribution in [0.4, 0.5) is 11.6 Å². The number of carbonyl (C=O) groups excluding carboxylic acids is 1. The maximum absolute atomic E-state index is 12.0. The predicted molar refractivity (Wildman–Crippen MR) is 86.6 cm³/mol. The number of nitrogen functional groups attached to an aromatic ring is 1. The Morgan fingerprint density at radius 1 is 1.23 bits per heavy atom. The Hall–Kier alpha value is -1.97. The Kier molecular flexibility index (Phi) is 5.11. The number of nitrogens with two attached hydrogens (primary N) is 1. The summed E-state index contributed by atoms with van der Waals surface area (Å²) in [4.78, 5) is 15.8. The van der Waals surface area contributed by atoms with Gasteiger partial charge in [0, 0.05) is 4.47 Å². The van der Waals surface area contributed by atoms with Crippen molar-refractivity contribution in [3.05, 3.63) is 46.9 Å². The van der Waals surface area contributed by atoms with Gasteiger partial charge in [0.1, 0.15) is 11.6 Å². The minimum Gasteiger partial charge on any atom is -0.384 e. The number of rotatable bonds is 5. The van der Waals surface area contributed by atoms with Crippen molar-refractivity contribution in [3.8, 4) is 0 Å². The van der Waals surface area contributed by atoms with E-state index in [1.165, 1.54) is 12.1 Å². The Bertz CT molecular complexity index is 761. The van der Waals surface area contributed by atoms with E-state index in [1.807, 2.05) is 0 Å². The molecule has 0 spiro atoms. The fraction of sp³-hybridized carbons (Fsp3) is 0.0769. The van der Waals surface area contributed by atoms with Crippen molar-refractivity contribution >= 4 is 43.5 Å². The van der Waals surface area contributed by atoms with E-state index in [2.05, 4.69) is 31.0 Å². The number of sulfonamides is 1. The first kappa shape index (κ1) is 16.4. The van der Waals surface area contributed by atoms with Crippen LogP contribution in [-0.4, -0.2) is 25.9 Å². The van der Waals surface area contributed by atoms with Gasteiger partial charge in [-0.3, -0.25) is 4.79 Å². The lowest BCUT2D eigenvalue weighted by atomic mass is 10.4. The van der Waals surface area contributed by atoms with Gasteiger partial charge >= 0.3 is 0 Å². The molecule has 116 valence electrons. The molecule has 0 unspecified atom stereocenters. The molecule has 0 aliphatic carbocycles. The summed E-state index contributed by atoms with van der Waals surface area (Å²) in [5.74, 6) is -0.0881. The summed E-state index contributed by atoms with van der Waals surface area (Å²) in [5.41, 5.74) is 5.55. The number of halogens is 1. The maximum atomic E-state index is 12.0. The highest BCUT2D eigenvalue weighted by Gasteiger charge is 2.15. The van der Waals surface area contributed by atoms with Crippen LogP contribution < -0.4 is 15.8 Å². The van der Waals surface area contributed by atoms with Crippen LogP contribution in [0.1, 0.15) is 0 Å². The van der Waals surface area contributed by atoms with Crippen LogP contribution in [0, 0.1) is 0 Å². The number of nitrogens with zero attached hydrogens (tertiary/aromatic N) is 1. The smallest absolute Gasteiger partial charge is 0.241 e. The summed E-state index contributed by atoms with van der Waals surface area (Å²) in [6.07, 6.45) is 0. The Labute approximate surface area is 136 Å². The Morgan fingerprint density at radius 3 is 2.55 bits per heavy atom. The molecule has 0 radical (unpaired) electrons. The summed E-state index contributed by atoms with van der Waals surface area (Å²) in [7, 11) is -3.73. The molecule has 0 fully saturated rings. The molecule has 0 aliphatic rings. The number of aromatic nitrogens is 1. The van der Waals surface area contributed by atoms with Crippen molar-refractivity contribution in [2.45, 2.75) is 4.90 Å². The lowest BCUT2D eigenvalue weighted by Gasteiger charge is -2.08. The molecule has 0 aliphatic heterocycles. The van der Waals surface area contributed by atoms with Gasteiger partial charge < -0.3 is 11.1 Å². The van der Waals surface area contributed by atoms with Crippen molar-refractivity contribution < 1.29 is 13.2 Å². The summed E-state index contributed by atoms with van der Waals surface area (Å²) in [5, 5.41) is 2.46. The fourth-order valence-electron chi connectivity index (χ4n) is 1.61. The lowest BCUT2D eigenvalue weighted by Crippen LogP contribution is -2.33. The SMILES string of the molecule is Nc1cc(Br)cc(NC(=O)CNS(=O)(=O)c2ccccc2)n1. The zero-order chi connectivity index (χ0) is 16.2. The molecule has 7 nitrogen and oxygen atoms in total. The number of anilines is 2. The predicted octanol–water partition coefficient (Wildman–Crippen LogP) is 1.34. The Morgan fingerprint density at radius 2 is 1.91 bits per heavy atom. The molecule has 2 rings (SSSR count). The van der Waals surface area contributed by atoms with Gasteiger partial charge in [0.2, 0.25) is 15.9 Å². The molecule has 1 amide bonds. The zero-order valence-electron chi connectivity index (χ0n) is 11.3.